The topological polar surface area (TPSA) is 79.4 Å². The van der Waals surface area contributed by atoms with E-state index in [1.165, 1.54) is 0 Å². The zero-order valence-corrected chi connectivity index (χ0v) is 18.1. The molecule has 0 bridgehead atoms. The Hall–Kier alpha value is -4.45. The Morgan fingerprint density at radius 2 is 1.85 bits per heavy atom. The van der Waals surface area contributed by atoms with Gasteiger partial charge in [0.05, 0.1) is 6.21 Å². The molecule has 0 unspecified atom stereocenters. The average Bonchev–Trinajstić information content (AvgIpc) is 3.18. The van der Waals surface area contributed by atoms with Gasteiger partial charge in [0.2, 0.25) is 0 Å². The number of aromatic nitrogens is 2. The van der Waals surface area contributed by atoms with E-state index >= 15 is 0 Å². The predicted molar refractivity (Wildman–Crippen MR) is 131 cm³/mol. The summed E-state index contributed by atoms with van der Waals surface area (Å²) < 4.78 is 5.97. The van der Waals surface area contributed by atoms with E-state index in [-0.39, 0.29) is 5.91 Å². The van der Waals surface area contributed by atoms with Crippen molar-refractivity contribution in [2.24, 2.45) is 5.10 Å². The van der Waals surface area contributed by atoms with E-state index in [1.54, 1.807) is 24.5 Å². The van der Waals surface area contributed by atoms with Crippen molar-refractivity contribution in [2.45, 2.75) is 13.5 Å². The summed E-state index contributed by atoms with van der Waals surface area (Å²) in [4.78, 5) is 20.2. The van der Waals surface area contributed by atoms with Crippen molar-refractivity contribution in [3.05, 3.63) is 107 Å². The van der Waals surface area contributed by atoms with Crippen molar-refractivity contribution < 1.29 is 9.53 Å². The fourth-order valence-corrected chi connectivity index (χ4v) is 3.79. The van der Waals surface area contributed by atoms with Gasteiger partial charge in [-0.2, -0.15) is 5.10 Å². The zero-order chi connectivity index (χ0) is 22.6. The van der Waals surface area contributed by atoms with Crippen molar-refractivity contribution in [3.8, 4) is 5.75 Å². The summed E-state index contributed by atoms with van der Waals surface area (Å²) in [7, 11) is 0. The third kappa shape index (κ3) is 4.32. The van der Waals surface area contributed by atoms with Crippen LogP contribution >= 0.6 is 0 Å². The first-order chi connectivity index (χ1) is 16.2. The highest BCUT2D eigenvalue weighted by Crippen LogP contribution is 2.24. The first-order valence-corrected chi connectivity index (χ1v) is 10.7. The number of rotatable bonds is 6. The number of benzene rings is 3. The lowest BCUT2D eigenvalue weighted by Crippen LogP contribution is -2.17. The van der Waals surface area contributed by atoms with Crippen LogP contribution in [0.3, 0.4) is 0 Å². The Balaban J connectivity index is 1.22. The van der Waals surface area contributed by atoms with Crippen molar-refractivity contribution in [3.63, 3.8) is 0 Å². The van der Waals surface area contributed by atoms with Crippen LogP contribution in [0.25, 0.3) is 21.8 Å². The average molecular weight is 434 g/mol. The van der Waals surface area contributed by atoms with E-state index in [1.807, 2.05) is 73.7 Å². The molecular formula is C27H22N4O2. The van der Waals surface area contributed by atoms with Crippen LogP contribution in [0.1, 0.15) is 27.2 Å². The summed E-state index contributed by atoms with van der Waals surface area (Å²) in [5, 5.41) is 6.25. The third-order valence-electron chi connectivity index (χ3n) is 5.51. The Bertz CT molecular complexity index is 1460. The van der Waals surface area contributed by atoms with Gasteiger partial charge < -0.3 is 9.72 Å². The number of pyridine rings is 1. The smallest absolute Gasteiger partial charge is 0.271 e. The Kier molecular flexibility index (Phi) is 5.55. The number of ether oxygens (including phenoxy) is 1. The minimum Gasteiger partial charge on any atom is -0.487 e. The molecule has 0 aliphatic heterocycles. The minimum atomic E-state index is -0.269. The molecule has 2 heterocycles. The van der Waals surface area contributed by atoms with Crippen molar-refractivity contribution in [1.82, 2.24) is 15.4 Å². The second-order valence-corrected chi connectivity index (χ2v) is 7.73. The Labute approximate surface area is 190 Å². The number of fused-ring (bicyclic) bond motifs is 2. The molecule has 162 valence electrons. The molecule has 0 radical (unpaired) electrons. The SMILES string of the molecule is Cc1[nH]c2ccccc2c1C=NNC(=O)c1ccc(COc2cccc3cccnc23)cc1. The second kappa shape index (κ2) is 8.96. The van der Waals surface area contributed by atoms with Crippen LogP contribution in [-0.2, 0) is 6.61 Å². The number of nitrogens with one attached hydrogen (secondary N) is 2. The normalized spacial score (nSPS) is 11.3. The zero-order valence-electron chi connectivity index (χ0n) is 18.1. The van der Waals surface area contributed by atoms with Crippen LogP contribution in [0.15, 0.2) is 90.2 Å². The van der Waals surface area contributed by atoms with Crippen molar-refractivity contribution in [1.29, 1.82) is 0 Å². The molecule has 1 amide bonds. The number of nitrogens with zero attached hydrogens (tertiary/aromatic N) is 2. The van der Waals surface area contributed by atoms with E-state index in [0.29, 0.717) is 12.2 Å². The number of amides is 1. The first-order valence-electron chi connectivity index (χ1n) is 10.7. The first kappa shape index (κ1) is 20.5. The van der Waals surface area contributed by atoms with Crippen molar-refractivity contribution in [2.75, 3.05) is 0 Å². The fraction of sp³-hybridized carbons (Fsp3) is 0.0741. The minimum absolute atomic E-state index is 0.269. The number of para-hydroxylation sites is 2. The molecular weight excluding hydrogens is 412 g/mol. The predicted octanol–water partition coefficient (Wildman–Crippen LogP) is 5.37. The molecule has 0 aliphatic carbocycles. The van der Waals surface area contributed by atoms with Gasteiger partial charge in [-0.3, -0.25) is 9.78 Å². The molecule has 33 heavy (non-hydrogen) atoms. The molecule has 2 aromatic heterocycles. The fourth-order valence-electron chi connectivity index (χ4n) is 3.79. The molecule has 0 saturated carbocycles. The van der Waals surface area contributed by atoms with Gasteiger partial charge in [0.25, 0.3) is 5.91 Å². The quantitative estimate of drug-likeness (QED) is 0.279. The molecule has 0 saturated heterocycles. The Morgan fingerprint density at radius 3 is 2.73 bits per heavy atom. The van der Waals surface area contributed by atoms with E-state index in [0.717, 1.165) is 44.4 Å². The number of hydrogen-bond donors (Lipinski definition) is 2. The summed E-state index contributed by atoms with van der Waals surface area (Å²) in [6.07, 6.45) is 3.43. The highest BCUT2D eigenvalue weighted by molar-refractivity contribution is 6.01. The van der Waals surface area contributed by atoms with Gasteiger partial charge in [-0.15, -0.1) is 0 Å². The van der Waals surface area contributed by atoms with Gasteiger partial charge in [-0.05, 0) is 42.8 Å². The van der Waals surface area contributed by atoms with E-state index in [4.69, 9.17) is 4.74 Å². The van der Waals surface area contributed by atoms with Gasteiger partial charge in [-0.1, -0.05) is 48.5 Å². The summed E-state index contributed by atoms with van der Waals surface area (Å²) in [6, 6.07) is 25.1. The number of aryl methyl sites for hydroxylation is 1. The number of hydrazone groups is 1. The highest BCUT2D eigenvalue weighted by atomic mass is 16.5. The second-order valence-electron chi connectivity index (χ2n) is 7.73. The van der Waals surface area contributed by atoms with Crippen LogP contribution in [0.2, 0.25) is 0 Å². The summed E-state index contributed by atoms with van der Waals surface area (Å²) >= 11 is 0. The lowest BCUT2D eigenvalue weighted by molar-refractivity contribution is 0.0955. The maximum atomic E-state index is 12.5. The largest absolute Gasteiger partial charge is 0.487 e. The highest BCUT2D eigenvalue weighted by Gasteiger charge is 2.08. The third-order valence-corrected chi connectivity index (χ3v) is 5.51. The number of aromatic amines is 1. The van der Waals surface area contributed by atoms with E-state index in [2.05, 4.69) is 20.5 Å². The number of H-pyrrole nitrogens is 1. The van der Waals surface area contributed by atoms with Crippen LogP contribution in [0, 0.1) is 6.92 Å². The maximum absolute atomic E-state index is 12.5. The van der Waals surface area contributed by atoms with Crippen LogP contribution in [-0.4, -0.2) is 22.1 Å². The molecule has 0 atom stereocenters. The molecule has 0 aliphatic rings. The van der Waals surface area contributed by atoms with E-state index < -0.39 is 0 Å². The standard InChI is InChI=1S/C27H22N4O2/c1-18-23(22-8-2-3-9-24(22)30-18)16-29-31-27(32)21-13-11-19(12-14-21)17-33-25-10-4-6-20-7-5-15-28-26(20)25/h2-16,30H,17H2,1H3,(H,31,32). The summed E-state index contributed by atoms with van der Waals surface area (Å²) in [5.74, 6) is 0.464. The lowest BCUT2D eigenvalue weighted by Gasteiger charge is -2.09. The van der Waals surface area contributed by atoms with Crippen molar-refractivity contribution >= 4 is 33.9 Å². The van der Waals surface area contributed by atoms with Gasteiger partial charge in [0, 0.05) is 39.3 Å². The molecule has 5 aromatic rings. The number of hydrogen-bond acceptors (Lipinski definition) is 4. The monoisotopic (exact) mass is 434 g/mol. The molecule has 5 rings (SSSR count). The summed E-state index contributed by atoms with van der Waals surface area (Å²) in [6.45, 7) is 2.37. The van der Waals surface area contributed by atoms with Crippen LogP contribution < -0.4 is 10.2 Å². The molecule has 0 fully saturated rings. The van der Waals surface area contributed by atoms with Gasteiger partial charge in [0.1, 0.15) is 17.9 Å². The summed E-state index contributed by atoms with van der Waals surface area (Å²) in [5.41, 5.74) is 7.92. The van der Waals surface area contributed by atoms with Gasteiger partial charge in [-0.25, -0.2) is 5.43 Å². The molecule has 6 nitrogen and oxygen atoms in total. The number of carbonyl (C=O) groups excluding carboxylic acids is 1. The van der Waals surface area contributed by atoms with Crippen LogP contribution in [0.4, 0.5) is 0 Å². The van der Waals surface area contributed by atoms with Gasteiger partial charge >= 0.3 is 0 Å². The molecule has 0 spiro atoms. The molecule has 3 aromatic carbocycles. The maximum Gasteiger partial charge on any atom is 0.271 e. The lowest BCUT2D eigenvalue weighted by atomic mass is 10.1. The van der Waals surface area contributed by atoms with E-state index in [9.17, 15) is 4.79 Å². The Morgan fingerprint density at radius 1 is 1.03 bits per heavy atom. The molecule has 2 N–H and O–H groups in total. The molecule has 6 heteroatoms. The number of carbonyl (C=O) groups is 1. The van der Waals surface area contributed by atoms with Gasteiger partial charge in [0.15, 0.2) is 0 Å². The van der Waals surface area contributed by atoms with Crippen LogP contribution in [0.5, 0.6) is 5.75 Å².